The van der Waals surface area contributed by atoms with E-state index in [2.05, 4.69) is 29.2 Å². The fourth-order valence-corrected chi connectivity index (χ4v) is 4.14. The van der Waals surface area contributed by atoms with Crippen molar-refractivity contribution in [1.82, 2.24) is 4.98 Å². The van der Waals surface area contributed by atoms with Gasteiger partial charge in [-0.1, -0.05) is 24.3 Å². The fraction of sp³-hybridized carbons (Fsp3) is 0.250. The SMILES string of the molecule is O=Cc1c2cnc(c1O)CSCc1ccc(cc1)CSC2. The predicted octanol–water partition coefficient (Wildman–Crippen LogP) is 3.78. The first-order chi connectivity index (χ1) is 10.3. The molecular weight excluding hydrogens is 302 g/mol. The molecule has 3 nitrogen and oxygen atoms in total. The van der Waals surface area contributed by atoms with Gasteiger partial charge < -0.3 is 5.11 Å². The summed E-state index contributed by atoms with van der Waals surface area (Å²) >= 11 is 3.41. The van der Waals surface area contributed by atoms with Crippen LogP contribution in [0.1, 0.15) is 32.7 Å². The number of aromatic hydroxyl groups is 1. The van der Waals surface area contributed by atoms with Crippen molar-refractivity contribution in [2.75, 3.05) is 0 Å². The van der Waals surface area contributed by atoms with E-state index in [4.69, 9.17) is 0 Å². The van der Waals surface area contributed by atoms with Crippen LogP contribution in [0.4, 0.5) is 0 Å². The molecule has 108 valence electrons. The van der Waals surface area contributed by atoms with Gasteiger partial charge in [-0.05, 0) is 16.7 Å². The number of benzene rings is 1. The third-order valence-corrected chi connectivity index (χ3v) is 5.49. The van der Waals surface area contributed by atoms with Crippen molar-refractivity contribution in [3.05, 3.63) is 58.4 Å². The number of carbonyl (C=O) groups excluding carboxylic acids is 1. The van der Waals surface area contributed by atoms with Gasteiger partial charge in [0, 0.05) is 29.2 Å². The molecule has 0 radical (unpaired) electrons. The third kappa shape index (κ3) is 3.24. The van der Waals surface area contributed by atoms with E-state index in [-0.39, 0.29) is 5.75 Å². The Morgan fingerprint density at radius 2 is 1.62 bits per heavy atom. The van der Waals surface area contributed by atoms with E-state index in [1.165, 1.54) is 11.1 Å². The van der Waals surface area contributed by atoms with Crippen LogP contribution < -0.4 is 0 Å². The lowest BCUT2D eigenvalue weighted by Gasteiger charge is -2.12. The van der Waals surface area contributed by atoms with Gasteiger partial charge in [0.15, 0.2) is 6.29 Å². The summed E-state index contributed by atoms with van der Waals surface area (Å²) in [5.74, 6) is 3.06. The normalized spacial score (nSPS) is 14.9. The number of nitrogens with zero attached hydrogens (tertiary/aromatic N) is 1. The Hall–Kier alpha value is -1.46. The lowest BCUT2D eigenvalue weighted by molar-refractivity contribution is 0.112. The summed E-state index contributed by atoms with van der Waals surface area (Å²) < 4.78 is 0. The molecule has 0 fully saturated rings. The first-order valence-electron chi connectivity index (χ1n) is 6.66. The summed E-state index contributed by atoms with van der Waals surface area (Å²) in [6.07, 6.45) is 2.46. The predicted molar refractivity (Wildman–Crippen MR) is 87.7 cm³/mol. The maximum atomic E-state index is 11.3. The van der Waals surface area contributed by atoms with Crippen molar-refractivity contribution >= 4 is 29.8 Å². The van der Waals surface area contributed by atoms with E-state index in [9.17, 15) is 9.90 Å². The zero-order valence-electron chi connectivity index (χ0n) is 11.4. The lowest BCUT2D eigenvalue weighted by atomic mass is 10.1. The standard InChI is InChI=1S/C16H15NO2S2/c18-6-14-13-5-17-15(16(14)19)10-21-8-12-3-1-11(2-4-12)7-20-9-13/h1-6,19H,7-10H2. The van der Waals surface area contributed by atoms with Crippen molar-refractivity contribution in [1.29, 1.82) is 0 Å². The number of pyridine rings is 1. The third-order valence-electron chi connectivity index (χ3n) is 3.43. The van der Waals surface area contributed by atoms with Crippen molar-refractivity contribution in [3.8, 4) is 5.75 Å². The van der Waals surface area contributed by atoms with Gasteiger partial charge in [-0.3, -0.25) is 9.78 Å². The molecule has 1 aromatic heterocycles. The Labute approximate surface area is 132 Å². The minimum atomic E-state index is 0.0431. The monoisotopic (exact) mass is 317 g/mol. The Balaban J connectivity index is 1.94. The summed E-state index contributed by atoms with van der Waals surface area (Å²) in [5.41, 5.74) is 4.31. The van der Waals surface area contributed by atoms with Gasteiger partial charge >= 0.3 is 0 Å². The lowest BCUT2D eigenvalue weighted by Crippen LogP contribution is -1.99. The number of carbonyl (C=O) groups is 1. The van der Waals surface area contributed by atoms with Crippen LogP contribution in [-0.2, 0) is 23.0 Å². The number of thioether (sulfide) groups is 2. The Morgan fingerprint density at radius 3 is 2.24 bits per heavy atom. The summed E-state index contributed by atoms with van der Waals surface area (Å²) in [6, 6.07) is 8.63. The van der Waals surface area contributed by atoms with Gasteiger partial charge in [-0.2, -0.15) is 23.5 Å². The fourth-order valence-electron chi connectivity index (χ4n) is 2.22. The molecule has 0 amide bonds. The molecule has 0 saturated heterocycles. The molecule has 2 aromatic rings. The van der Waals surface area contributed by atoms with Crippen LogP contribution in [0.25, 0.3) is 0 Å². The van der Waals surface area contributed by atoms with E-state index in [0.29, 0.717) is 22.8 Å². The molecule has 0 atom stereocenters. The highest BCUT2D eigenvalue weighted by Gasteiger charge is 2.14. The maximum absolute atomic E-state index is 11.3. The van der Waals surface area contributed by atoms with Crippen LogP contribution in [0.5, 0.6) is 5.75 Å². The van der Waals surface area contributed by atoms with Crippen LogP contribution in [-0.4, -0.2) is 16.4 Å². The zero-order chi connectivity index (χ0) is 14.7. The molecule has 0 saturated carbocycles. The van der Waals surface area contributed by atoms with Gasteiger partial charge in [0.05, 0.1) is 11.3 Å². The number of rotatable bonds is 1. The molecule has 1 N–H and O–H groups in total. The van der Waals surface area contributed by atoms with Crippen molar-refractivity contribution in [3.63, 3.8) is 0 Å². The highest BCUT2D eigenvalue weighted by atomic mass is 32.2. The molecule has 5 heterocycles. The van der Waals surface area contributed by atoms with Crippen molar-refractivity contribution < 1.29 is 9.90 Å². The van der Waals surface area contributed by atoms with Gasteiger partial charge in [0.25, 0.3) is 0 Å². The average Bonchev–Trinajstić information content (AvgIpc) is 2.51. The van der Waals surface area contributed by atoms with Crippen LogP contribution in [0, 0.1) is 0 Å². The van der Waals surface area contributed by atoms with Crippen molar-refractivity contribution in [2.24, 2.45) is 0 Å². The molecule has 4 aliphatic rings. The molecule has 4 aliphatic heterocycles. The number of hydrogen-bond acceptors (Lipinski definition) is 5. The summed E-state index contributed by atoms with van der Waals surface area (Å²) in [4.78, 5) is 15.6. The van der Waals surface area contributed by atoms with Gasteiger partial charge in [0.1, 0.15) is 5.75 Å². The number of aromatic nitrogens is 1. The summed E-state index contributed by atoms with van der Waals surface area (Å²) in [6.45, 7) is 0. The largest absolute Gasteiger partial charge is 0.505 e. The highest BCUT2D eigenvalue weighted by Crippen LogP contribution is 2.30. The molecular formula is C16H15NO2S2. The molecule has 0 unspecified atom stereocenters. The van der Waals surface area contributed by atoms with E-state index < -0.39 is 0 Å². The molecule has 1 aromatic carbocycles. The minimum absolute atomic E-state index is 0.0431. The van der Waals surface area contributed by atoms with Gasteiger partial charge in [-0.25, -0.2) is 0 Å². The minimum Gasteiger partial charge on any atom is -0.505 e. The molecule has 0 spiro atoms. The van der Waals surface area contributed by atoms with E-state index >= 15 is 0 Å². The molecule has 4 bridgehead atoms. The number of hydrogen-bond donors (Lipinski definition) is 1. The van der Waals surface area contributed by atoms with Gasteiger partial charge in [-0.15, -0.1) is 0 Å². The highest BCUT2D eigenvalue weighted by molar-refractivity contribution is 7.98. The first kappa shape index (κ1) is 14.5. The van der Waals surface area contributed by atoms with E-state index in [1.54, 1.807) is 29.7 Å². The van der Waals surface area contributed by atoms with Gasteiger partial charge in [0.2, 0.25) is 0 Å². The van der Waals surface area contributed by atoms with Crippen LogP contribution in [0.15, 0.2) is 30.5 Å². The second-order valence-electron chi connectivity index (χ2n) is 4.91. The molecule has 0 aliphatic carbocycles. The molecule has 6 rings (SSSR count). The Bertz CT molecular complexity index is 656. The topological polar surface area (TPSA) is 50.2 Å². The Morgan fingerprint density at radius 1 is 1.00 bits per heavy atom. The van der Waals surface area contributed by atoms with E-state index in [1.807, 2.05) is 0 Å². The first-order valence-corrected chi connectivity index (χ1v) is 8.97. The molecule has 5 heteroatoms. The summed E-state index contributed by atoms with van der Waals surface area (Å²) in [7, 11) is 0. The quantitative estimate of drug-likeness (QED) is 0.811. The van der Waals surface area contributed by atoms with Crippen LogP contribution in [0.2, 0.25) is 0 Å². The van der Waals surface area contributed by atoms with Crippen LogP contribution >= 0.6 is 23.5 Å². The smallest absolute Gasteiger partial charge is 0.154 e. The average molecular weight is 317 g/mol. The summed E-state index contributed by atoms with van der Waals surface area (Å²) in [5, 5.41) is 10.2. The number of aldehydes is 1. The Kier molecular flexibility index (Phi) is 4.51. The molecule has 21 heavy (non-hydrogen) atoms. The second-order valence-corrected chi connectivity index (χ2v) is 6.88. The zero-order valence-corrected chi connectivity index (χ0v) is 13.0. The van der Waals surface area contributed by atoms with Crippen molar-refractivity contribution in [2.45, 2.75) is 23.0 Å². The van der Waals surface area contributed by atoms with E-state index in [0.717, 1.165) is 23.4 Å². The second kappa shape index (κ2) is 6.54. The maximum Gasteiger partial charge on any atom is 0.154 e. The van der Waals surface area contributed by atoms with Crippen LogP contribution in [0.3, 0.4) is 0 Å².